The third-order valence-electron chi connectivity index (χ3n) is 4.32. The molecule has 1 heterocycles. The maximum atomic E-state index is 5.84. The quantitative estimate of drug-likeness (QED) is 0.806. The number of nitrogens with one attached hydrogen (secondary N) is 1. The van der Waals surface area contributed by atoms with Gasteiger partial charge in [-0.25, -0.2) is 0 Å². The van der Waals surface area contributed by atoms with E-state index in [2.05, 4.69) is 41.4 Å². The van der Waals surface area contributed by atoms with Crippen LogP contribution in [0.4, 0.5) is 5.69 Å². The topological polar surface area (TPSA) is 24.5 Å². The monoisotopic (exact) mass is 274 g/mol. The second-order valence-electron chi connectivity index (χ2n) is 6.08. The van der Waals surface area contributed by atoms with Gasteiger partial charge in [0.15, 0.2) is 0 Å². The Bertz CT molecular complexity index is 431. The number of hydrogen-bond donors (Lipinski definition) is 1. The summed E-state index contributed by atoms with van der Waals surface area (Å²) >= 11 is 0. The first-order chi connectivity index (χ1) is 9.84. The van der Waals surface area contributed by atoms with Crippen molar-refractivity contribution < 1.29 is 4.74 Å². The average molecular weight is 274 g/mol. The molecule has 1 saturated carbocycles. The van der Waals surface area contributed by atoms with Crippen LogP contribution in [0.5, 0.6) is 5.75 Å². The average Bonchev–Trinajstić information content (AvgIpc) is 3.29. The molecule has 1 N–H and O–H groups in total. The van der Waals surface area contributed by atoms with Crippen molar-refractivity contribution in [1.82, 2.24) is 5.32 Å². The van der Waals surface area contributed by atoms with Gasteiger partial charge < -0.3 is 15.0 Å². The van der Waals surface area contributed by atoms with Crippen LogP contribution in [0.25, 0.3) is 0 Å². The smallest absolute Gasteiger partial charge is 0.142 e. The van der Waals surface area contributed by atoms with E-state index in [0.29, 0.717) is 6.04 Å². The lowest BCUT2D eigenvalue weighted by Gasteiger charge is -2.30. The number of nitrogens with zero attached hydrogens (tertiary/aromatic N) is 1. The number of fused-ring (bicyclic) bond motifs is 1. The lowest BCUT2D eigenvalue weighted by atomic mass is 10.1. The van der Waals surface area contributed by atoms with E-state index in [1.165, 1.54) is 37.9 Å². The van der Waals surface area contributed by atoms with Crippen LogP contribution in [-0.4, -0.2) is 31.8 Å². The van der Waals surface area contributed by atoms with Crippen LogP contribution in [0.2, 0.25) is 0 Å². The van der Waals surface area contributed by atoms with E-state index in [0.717, 1.165) is 31.4 Å². The van der Waals surface area contributed by atoms with Gasteiger partial charge >= 0.3 is 0 Å². The van der Waals surface area contributed by atoms with E-state index in [1.807, 2.05) is 0 Å². The first-order valence-electron chi connectivity index (χ1n) is 8.06. The fourth-order valence-electron chi connectivity index (χ4n) is 2.96. The molecule has 3 heteroatoms. The Morgan fingerprint density at radius 2 is 2.20 bits per heavy atom. The maximum absolute atomic E-state index is 5.84. The third-order valence-corrected chi connectivity index (χ3v) is 4.32. The Kier molecular flexibility index (Phi) is 4.46. The lowest BCUT2D eigenvalue weighted by molar-refractivity contribution is 0.322. The largest absolute Gasteiger partial charge is 0.491 e. The molecule has 1 aliphatic carbocycles. The zero-order chi connectivity index (χ0) is 13.8. The zero-order valence-corrected chi connectivity index (χ0v) is 12.5. The summed E-state index contributed by atoms with van der Waals surface area (Å²) in [6.07, 6.45) is 6.38. The predicted molar refractivity (Wildman–Crippen MR) is 83.6 cm³/mol. The first-order valence-corrected chi connectivity index (χ1v) is 8.06. The van der Waals surface area contributed by atoms with Crippen LogP contribution in [-0.2, 0) is 0 Å². The van der Waals surface area contributed by atoms with Crippen molar-refractivity contribution in [2.45, 2.75) is 51.1 Å². The summed E-state index contributed by atoms with van der Waals surface area (Å²) in [7, 11) is 0. The second kappa shape index (κ2) is 6.49. The van der Waals surface area contributed by atoms with Crippen molar-refractivity contribution in [1.29, 1.82) is 0 Å². The van der Waals surface area contributed by atoms with Gasteiger partial charge in [0.25, 0.3) is 0 Å². The summed E-state index contributed by atoms with van der Waals surface area (Å²) in [6, 6.07) is 9.87. The van der Waals surface area contributed by atoms with Crippen molar-refractivity contribution >= 4 is 5.69 Å². The molecule has 0 spiro atoms. The minimum atomic E-state index is 0.582. The van der Waals surface area contributed by atoms with Gasteiger partial charge in [-0.2, -0.15) is 0 Å². The Balaban J connectivity index is 1.56. The van der Waals surface area contributed by atoms with Crippen molar-refractivity contribution in [3.8, 4) is 5.75 Å². The van der Waals surface area contributed by atoms with Crippen LogP contribution < -0.4 is 15.0 Å². The second-order valence-corrected chi connectivity index (χ2v) is 6.08. The Morgan fingerprint density at radius 1 is 1.35 bits per heavy atom. The zero-order valence-electron chi connectivity index (χ0n) is 12.5. The molecular weight excluding hydrogens is 248 g/mol. The van der Waals surface area contributed by atoms with Gasteiger partial charge in [0.2, 0.25) is 0 Å². The minimum Gasteiger partial charge on any atom is -0.491 e. The standard InChI is InChI=1S/C17H26N2O/c1-14(6-4-11-18-15-9-10-15)19-12-5-13-20-17-8-3-2-7-16(17)19/h2-3,7-8,14-15,18H,4-6,9-13H2,1H3. The molecule has 0 radical (unpaired) electrons. The maximum Gasteiger partial charge on any atom is 0.142 e. The Labute approximate surface area is 122 Å². The van der Waals surface area contributed by atoms with E-state index in [4.69, 9.17) is 4.74 Å². The molecule has 1 fully saturated rings. The van der Waals surface area contributed by atoms with Gasteiger partial charge in [0, 0.05) is 18.6 Å². The third kappa shape index (κ3) is 3.45. The fourth-order valence-corrected chi connectivity index (χ4v) is 2.96. The molecule has 110 valence electrons. The first kappa shape index (κ1) is 13.7. The fraction of sp³-hybridized carbons (Fsp3) is 0.647. The van der Waals surface area contributed by atoms with Gasteiger partial charge in [0.1, 0.15) is 5.75 Å². The molecular formula is C17H26N2O. The molecule has 1 atom stereocenters. The summed E-state index contributed by atoms with van der Waals surface area (Å²) in [6.45, 7) is 5.46. The van der Waals surface area contributed by atoms with Crippen LogP contribution in [0.3, 0.4) is 0 Å². The molecule has 1 unspecified atom stereocenters. The van der Waals surface area contributed by atoms with Crippen LogP contribution in [0.15, 0.2) is 24.3 Å². The molecule has 0 aromatic heterocycles. The molecule has 1 aliphatic heterocycles. The molecule has 20 heavy (non-hydrogen) atoms. The van der Waals surface area contributed by atoms with Gasteiger partial charge in [-0.3, -0.25) is 0 Å². The van der Waals surface area contributed by atoms with Crippen molar-refractivity contribution in [2.24, 2.45) is 0 Å². The van der Waals surface area contributed by atoms with Crippen molar-refractivity contribution in [3.63, 3.8) is 0 Å². The number of anilines is 1. The van der Waals surface area contributed by atoms with E-state index in [1.54, 1.807) is 0 Å². The normalized spacial score (nSPS) is 19.9. The highest BCUT2D eigenvalue weighted by Crippen LogP contribution is 2.32. The molecule has 1 aromatic rings. The Hall–Kier alpha value is -1.22. The lowest BCUT2D eigenvalue weighted by Crippen LogP contribution is -2.34. The van der Waals surface area contributed by atoms with Crippen LogP contribution >= 0.6 is 0 Å². The van der Waals surface area contributed by atoms with Gasteiger partial charge in [0.05, 0.1) is 12.3 Å². The summed E-state index contributed by atoms with van der Waals surface area (Å²) in [5.74, 6) is 1.05. The molecule has 0 bridgehead atoms. The molecule has 3 rings (SSSR count). The molecule has 0 saturated heterocycles. The Morgan fingerprint density at radius 3 is 3.05 bits per heavy atom. The van der Waals surface area contributed by atoms with Gasteiger partial charge in [-0.1, -0.05) is 12.1 Å². The van der Waals surface area contributed by atoms with Crippen LogP contribution in [0, 0.1) is 0 Å². The van der Waals surface area contributed by atoms with Crippen LogP contribution in [0.1, 0.15) is 39.0 Å². The van der Waals surface area contributed by atoms with Crippen molar-refractivity contribution in [2.75, 3.05) is 24.6 Å². The predicted octanol–water partition coefficient (Wildman–Crippen LogP) is 3.20. The van der Waals surface area contributed by atoms with E-state index in [-0.39, 0.29) is 0 Å². The number of rotatable bonds is 6. The SMILES string of the molecule is CC(CCCNC1CC1)N1CCCOc2ccccc21. The molecule has 2 aliphatic rings. The minimum absolute atomic E-state index is 0.582. The summed E-state index contributed by atoms with van der Waals surface area (Å²) in [4.78, 5) is 2.53. The number of para-hydroxylation sites is 2. The highest BCUT2D eigenvalue weighted by atomic mass is 16.5. The molecule has 3 nitrogen and oxygen atoms in total. The van der Waals surface area contributed by atoms with E-state index < -0.39 is 0 Å². The van der Waals surface area contributed by atoms with E-state index in [9.17, 15) is 0 Å². The van der Waals surface area contributed by atoms with Gasteiger partial charge in [-0.15, -0.1) is 0 Å². The molecule has 1 aromatic carbocycles. The summed E-state index contributed by atoms with van der Waals surface area (Å²) < 4.78 is 5.84. The number of benzene rings is 1. The number of hydrogen-bond acceptors (Lipinski definition) is 3. The van der Waals surface area contributed by atoms with Gasteiger partial charge in [-0.05, 0) is 57.7 Å². The number of ether oxygens (including phenoxy) is 1. The van der Waals surface area contributed by atoms with E-state index >= 15 is 0 Å². The van der Waals surface area contributed by atoms with Crippen molar-refractivity contribution in [3.05, 3.63) is 24.3 Å². The summed E-state index contributed by atoms with van der Waals surface area (Å²) in [5.41, 5.74) is 1.27. The summed E-state index contributed by atoms with van der Waals surface area (Å²) in [5, 5.41) is 3.60. The highest BCUT2D eigenvalue weighted by molar-refractivity contribution is 5.59. The highest BCUT2D eigenvalue weighted by Gasteiger charge is 2.22. The molecule has 0 amide bonds.